The molecule has 8 heteroatoms. The van der Waals surface area contributed by atoms with Crippen molar-refractivity contribution in [2.75, 3.05) is 25.0 Å². The molecule has 1 aromatic carbocycles. The van der Waals surface area contributed by atoms with E-state index in [0.29, 0.717) is 37.3 Å². The summed E-state index contributed by atoms with van der Waals surface area (Å²) in [5.74, 6) is -1.45. The predicted molar refractivity (Wildman–Crippen MR) is 103 cm³/mol. The van der Waals surface area contributed by atoms with E-state index in [1.165, 1.54) is 18.5 Å². The van der Waals surface area contributed by atoms with Crippen molar-refractivity contribution in [2.45, 2.75) is 25.8 Å². The Hall–Kier alpha value is -3.00. The summed E-state index contributed by atoms with van der Waals surface area (Å²) in [5.41, 5.74) is 1.91. The van der Waals surface area contributed by atoms with Crippen LogP contribution in [0.3, 0.4) is 0 Å². The Labute approximate surface area is 162 Å². The Balaban J connectivity index is 1.57. The number of aryl methyl sites for hydroxylation is 1. The summed E-state index contributed by atoms with van der Waals surface area (Å²) in [4.78, 5) is 29.3. The number of rotatable bonds is 8. The van der Waals surface area contributed by atoms with Crippen molar-refractivity contribution in [1.29, 1.82) is 0 Å². The van der Waals surface area contributed by atoms with Crippen LogP contribution < -0.4 is 10.6 Å². The highest BCUT2D eigenvalue weighted by molar-refractivity contribution is 6.00. The monoisotopic (exact) mass is 386 g/mol. The van der Waals surface area contributed by atoms with Gasteiger partial charge >= 0.3 is 5.97 Å². The number of pyridine rings is 1. The second-order valence-corrected chi connectivity index (χ2v) is 6.96. The molecule has 1 amide bonds. The van der Waals surface area contributed by atoms with E-state index >= 15 is 0 Å². The number of aromatic nitrogens is 1. The van der Waals surface area contributed by atoms with Crippen LogP contribution in [0, 0.1) is 12.7 Å². The van der Waals surface area contributed by atoms with Crippen LogP contribution in [-0.4, -0.2) is 52.5 Å². The summed E-state index contributed by atoms with van der Waals surface area (Å²) in [5, 5.41) is 14.6. The zero-order valence-electron chi connectivity index (χ0n) is 15.6. The smallest absolute Gasteiger partial charge is 0.303 e. The summed E-state index contributed by atoms with van der Waals surface area (Å²) in [7, 11) is 0. The molecule has 0 saturated carbocycles. The van der Waals surface area contributed by atoms with Gasteiger partial charge in [-0.05, 0) is 43.7 Å². The average molecular weight is 386 g/mol. The zero-order chi connectivity index (χ0) is 20.1. The molecule has 1 aliphatic heterocycles. The number of anilines is 2. The third kappa shape index (κ3) is 5.04. The number of amides is 1. The molecule has 3 N–H and O–H groups in total. The van der Waals surface area contributed by atoms with E-state index < -0.39 is 11.8 Å². The predicted octanol–water partition coefficient (Wildman–Crippen LogP) is 2.55. The van der Waals surface area contributed by atoms with Crippen molar-refractivity contribution in [1.82, 2.24) is 15.2 Å². The number of nitrogens with zero attached hydrogens (tertiary/aromatic N) is 2. The van der Waals surface area contributed by atoms with Gasteiger partial charge in [0.2, 0.25) is 0 Å². The molecule has 1 saturated heterocycles. The number of carboxylic acids is 1. The molecule has 148 valence electrons. The van der Waals surface area contributed by atoms with Gasteiger partial charge in [0, 0.05) is 25.7 Å². The second kappa shape index (κ2) is 8.79. The van der Waals surface area contributed by atoms with Gasteiger partial charge in [0.25, 0.3) is 5.91 Å². The SMILES string of the molecule is Cc1ccc(Nc2cnccc2C(=O)NC2CN(CCCC(=O)O)C2)c(F)c1. The second-order valence-electron chi connectivity index (χ2n) is 6.96. The molecule has 0 bridgehead atoms. The normalized spacial score (nSPS) is 14.4. The molecule has 28 heavy (non-hydrogen) atoms. The summed E-state index contributed by atoms with van der Waals surface area (Å²) in [6.07, 6.45) is 3.75. The lowest BCUT2D eigenvalue weighted by Gasteiger charge is -2.39. The van der Waals surface area contributed by atoms with Gasteiger partial charge in [0.05, 0.1) is 29.2 Å². The number of carbonyl (C=O) groups excluding carboxylic acids is 1. The Morgan fingerprint density at radius 3 is 2.79 bits per heavy atom. The third-order valence-corrected chi connectivity index (χ3v) is 4.62. The zero-order valence-corrected chi connectivity index (χ0v) is 15.6. The number of hydrogen-bond acceptors (Lipinski definition) is 5. The van der Waals surface area contributed by atoms with Crippen LogP contribution in [0.15, 0.2) is 36.7 Å². The van der Waals surface area contributed by atoms with Gasteiger partial charge < -0.3 is 15.7 Å². The van der Waals surface area contributed by atoms with Gasteiger partial charge in [-0.25, -0.2) is 4.39 Å². The van der Waals surface area contributed by atoms with Crippen LogP contribution in [0.25, 0.3) is 0 Å². The van der Waals surface area contributed by atoms with E-state index in [1.54, 1.807) is 25.1 Å². The molecular formula is C20H23FN4O3. The molecule has 2 aromatic rings. The van der Waals surface area contributed by atoms with E-state index in [1.807, 2.05) is 0 Å². The molecule has 1 fully saturated rings. The van der Waals surface area contributed by atoms with Gasteiger partial charge in [-0.15, -0.1) is 0 Å². The van der Waals surface area contributed by atoms with Crippen molar-refractivity contribution < 1.29 is 19.1 Å². The third-order valence-electron chi connectivity index (χ3n) is 4.62. The van der Waals surface area contributed by atoms with Crippen LogP contribution in [0.1, 0.15) is 28.8 Å². The van der Waals surface area contributed by atoms with E-state index in [9.17, 15) is 14.0 Å². The lowest BCUT2D eigenvalue weighted by molar-refractivity contribution is -0.137. The number of carbonyl (C=O) groups is 2. The minimum atomic E-state index is -0.798. The lowest BCUT2D eigenvalue weighted by Crippen LogP contribution is -2.59. The van der Waals surface area contributed by atoms with Crippen molar-refractivity contribution in [3.05, 3.63) is 53.6 Å². The van der Waals surface area contributed by atoms with Crippen molar-refractivity contribution in [3.63, 3.8) is 0 Å². The minimum Gasteiger partial charge on any atom is -0.481 e. The first kappa shape index (κ1) is 19.8. The number of nitrogens with one attached hydrogen (secondary N) is 2. The summed E-state index contributed by atoms with van der Waals surface area (Å²) in [6.45, 7) is 3.88. The molecule has 3 rings (SSSR count). The highest BCUT2D eigenvalue weighted by atomic mass is 19.1. The minimum absolute atomic E-state index is 0.00875. The number of aliphatic carboxylic acids is 1. The highest BCUT2D eigenvalue weighted by Crippen LogP contribution is 2.23. The molecule has 0 unspecified atom stereocenters. The molecule has 0 atom stereocenters. The lowest BCUT2D eigenvalue weighted by atomic mass is 10.1. The van der Waals surface area contributed by atoms with Crippen LogP contribution in [0.4, 0.5) is 15.8 Å². The van der Waals surface area contributed by atoms with E-state index in [4.69, 9.17) is 5.11 Å². The quantitative estimate of drug-likeness (QED) is 0.646. The molecule has 0 spiro atoms. The fourth-order valence-electron chi connectivity index (χ4n) is 3.12. The molecule has 1 aromatic heterocycles. The first-order chi connectivity index (χ1) is 13.4. The largest absolute Gasteiger partial charge is 0.481 e. The van der Waals surface area contributed by atoms with Crippen LogP contribution in [0.2, 0.25) is 0 Å². The Morgan fingerprint density at radius 1 is 1.29 bits per heavy atom. The number of benzene rings is 1. The molecule has 0 aliphatic carbocycles. The molecule has 2 heterocycles. The number of likely N-dealkylation sites (tertiary alicyclic amines) is 1. The molecular weight excluding hydrogens is 363 g/mol. The maximum Gasteiger partial charge on any atom is 0.303 e. The number of carboxylic acid groups (broad SMARTS) is 1. The average Bonchev–Trinajstić information content (AvgIpc) is 2.62. The molecule has 1 aliphatic rings. The van der Waals surface area contributed by atoms with Gasteiger partial charge in [-0.1, -0.05) is 6.07 Å². The molecule has 7 nitrogen and oxygen atoms in total. The van der Waals surface area contributed by atoms with Crippen molar-refractivity contribution in [3.8, 4) is 0 Å². The van der Waals surface area contributed by atoms with Gasteiger partial charge in [-0.3, -0.25) is 19.5 Å². The first-order valence-electron chi connectivity index (χ1n) is 9.14. The van der Waals surface area contributed by atoms with Gasteiger partial charge in [0.1, 0.15) is 5.82 Å². The Morgan fingerprint density at radius 2 is 2.07 bits per heavy atom. The number of hydrogen-bond donors (Lipinski definition) is 3. The molecule has 0 radical (unpaired) electrons. The Bertz CT molecular complexity index is 868. The topological polar surface area (TPSA) is 94.6 Å². The van der Waals surface area contributed by atoms with E-state index in [0.717, 1.165) is 5.56 Å². The van der Waals surface area contributed by atoms with Crippen molar-refractivity contribution in [2.24, 2.45) is 0 Å². The van der Waals surface area contributed by atoms with Crippen molar-refractivity contribution >= 4 is 23.3 Å². The van der Waals surface area contributed by atoms with Gasteiger partial charge in [-0.2, -0.15) is 0 Å². The van der Waals surface area contributed by atoms with E-state index in [2.05, 4.69) is 20.5 Å². The highest BCUT2D eigenvalue weighted by Gasteiger charge is 2.28. The first-order valence-corrected chi connectivity index (χ1v) is 9.14. The number of halogens is 1. The maximum absolute atomic E-state index is 14.1. The summed E-state index contributed by atoms with van der Waals surface area (Å²) < 4.78 is 14.1. The summed E-state index contributed by atoms with van der Waals surface area (Å²) >= 11 is 0. The fraction of sp³-hybridized carbons (Fsp3) is 0.350. The van der Waals surface area contributed by atoms with Crippen LogP contribution in [-0.2, 0) is 4.79 Å². The standard InChI is InChI=1S/C20H23FN4O3/c1-13-4-5-17(16(21)9-13)24-18-10-22-7-6-15(18)20(28)23-14-11-25(12-14)8-2-3-19(26)27/h4-7,9-10,14,24H,2-3,8,11-12H2,1H3,(H,23,28)(H,26,27). The van der Waals surface area contributed by atoms with Crippen LogP contribution >= 0.6 is 0 Å². The van der Waals surface area contributed by atoms with Gasteiger partial charge in [0.15, 0.2) is 0 Å². The van der Waals surface area contributed by atoms with Crippen LogP contribution in [0.5, 0.6) is 0 Å². The Kier molecular flexibility index (Phi) is 6.20. The fourth-order valence-corrected chi connectivity index (χ4v) is 3.12. The van der Waals surface area contributed by atoms with E-state index in [-0.39, 0.29) is 24.1 Å². The maximum atomic E-state index is 14.1. The summed E-state index contributed by atoms with van der Waals surface area (Å²) in [6, 6.07) is 6.43.